The number of hydrogen-bond donors (Lipinski definition) is 2. The van der Waals surface area contributed by atoms with Gasteiger partial charge in [-0.2, -0.15) is 0 Å². The van der Waals surface area contributed by atoms with E-state index in [-0.39, 0.29) is 5.91 Å². The molecule has 0 unspecified atom stereocenters. The molecule has 5 nitrogen and oxygen atoms in total. The number of hydrazine groups is 1. The summed E-state index contributed by atoms with van der Waals surface area (Å²) in [5.74, 6) is 0.633. The first-order chi connectivity index (χ1) is 8.19. The van der Waals surface area contributed by atoms with Crippen LogP contribution in [0.4, 0.5) is 0 Å². The maximum atomic E-state index is 11.3. The minimum atomic E-state index is -0.0241. The number of carbonyl (C=O) groups excluding carboxylic acids is 1. The summed E-state index contributed by atoms with van der Waals surface area (Å²) >= 11 is 0. The summed E-state index contributed by atoms with van der Waals surface area (Å²) in [6.45, 7) is 1.82. The average molecular weight is 233 g/mol. The number of nitrogens with zero attached hydrogens (tertiary/aromatic N) is 1. The standard InChI is InChI=1S/C12H15N3O2/c1-8-14-10-7-9(3-5-11(10)17-8)4-6-12(16)15-13-2/h3,5,7,13H,4,6H2,1-2H3,(H,15,16). The van der Waals surface area contributed by atoms with Crippen molar-refractivity contribution in [1.82, 2.24) is 15.8 Å². The Labute approximate surface area is 99.2 Å². The lowest BCUT2D eigenvalue weighted by atomic mass is 10.1. The summed E-state index contributed by atoms with van der Waals surface area (Å²) in [4.78, 5) is 15.5. The maximum Gasteiger partial charge on any atom is 0.234 e. The van der Waals surface area contributed by atoms with Gasteiger partial charge < -0.3 is 4.42 Å². The molecule has 1 aromatic heterocycles. The van der Waals surface area contributed by atoms with E-state index in [1.807, 2.05) is 25.1 Å². The summed E-state index contributed by atoms with van der Waals surface area (Å²) in [6.07, 6.45) is 1.14. The van der Waals surface area contributed by atoms with Crippen molar-refractivity contribution in [1.29, 1.82) is 0 Å². The molecule has 2 N–H and O–H groups in total. The Balaban J connectivity index is 2.06. The van der Waals surface area contributed by atoms with Gasteiger partial charge in [0, 0.05) is 20.4 Å². The summed E-state index contributed by atoms with van der Waals surface area (Å²) < 4.78 is 5.39. The van der Waals surface area contributed by atoms with Crippen molar-refractivity contribution in [3.05, 3.63) is 29.7 Å². The van der Waals surface area contributed by atoms with Crippen LogP contribution in [-0.4, -0.2) is 17.9 Å². The molecule has 5 heteroatoms. The summed E-state index contributed by atoms with van der Waals surface area (Å²) in [6, 6.07) is 5.80. The number of nitrogens with one attached hydrogen (secondary N) is 2. The largest absolute Gasteiger partial charge is 0.441 e. The van der Waals surface area contributed by atoms with Crippen LogP contribution in [0.5, 0.6) is 0 Å². The molecule has 2 aromatic rings. The van der Waals surface area contributed by atoms with Crippen molar-refractivity contribution in [3.63, 3.8) is 0 Å². The highest BCUT2D eigenvalue weighted by molar-refractivity contribution is 5.76. The van der Waals surface area contributed by atoms with E-state index >= 15 is 0 Å². The topological polar surface area (TPSA) is 67.2 Å². The predicted molar refractivity (Wildman–Crippen MR) is 64.3 cm³/mol. The molecule has 1 amide bonds. The van der Waals surface area contributed by atoms with Crippen LogP contribution in [0.2, 0.25) is 0 Å². The fraction of sp³-hybridized carbons (Fsp3) is 0.333. The monoisotopic (exact) mass is 233 g/mol. The Hall–Kier alpha value is -1.88. The molecule has 0 fully saturated rings. The normalized spacial score (nSPS) is 10.7. The molecule has 0 spiro atoms. The molecule has 0 bridgehead atoms. The molecule has 0 radical (unpaired) electrons. The van der Waals surface area contributed by atoms with E-state index in [0.717, 1.165) is 16.7 Å². The molecule has 2 rings (SSSR count). The second-order valence-corrected chi connectivity index (χ2v) is 3.83. The second kappa shape index (κ2) is 4.97. The van der Waals surface area contributed by atoms with Gasteiger partial charge in [-0.3, -0.25) is 10.2 Å². The van der Waals surface area contributed by atoms with Gasteiger partial charge in [-0.05, 0) is 24.1 Å². The molecule has 17 heavy (non-hydrogen) atoms. The van der Waals surface area contributed by atoms with Crippen LogP contribution in [0, 0.1) is 6.92 Å². The summed E-state index contributed by atoms with van der Waals surface area (Å²) in [5, 5.41) is 0. The van der Waals surface area contributed by atoms with E-state index < -0.39 is 0 Å². The molecule has 0 aliphatic heterocycles. The zero-order valence-corrected chi connectivity index (χ0v) is 9.91. The highest BCUT2D eigenvalue weighted by Crippen LogP contribution is 2.17. The quantitative estimate of drug-likeness (QED) is 0.781. The Kier molecular flexibility index (Phi) is 3.39. The number of aromatic nitrogens is 1. The molecule has 0 aliphatic rings. The van der Waals surface area contributed by atoms with E-state index in [4.69, 9.17) is 4.42 Å². The minimum Gasteiger partial charge on any atom is -0.441 e. The third kappa shape index (κ3) is 2.82. The first-order valence-corrected chi connectivity index (χ1v) is 5.50. The van der Waals surface area contributed by atoms with Crippen molar-refractivity contribution < 1.29 is 9.21 Å². The molecule has 0 aliphatic carbocycles. The van der Waals surface area contributed by atoms with Gasteiger partial charge in [0.25, 0.3) is 0 Å². The zero-order chi connectivity index (χ0) is 12.3. The highest BCUT2D eigenvalue weighted by atomic mass is 16.3. The van der Waals surface area contributed by atoms with Crippen molar-refractivity contribution in [2.24, 2.45) is 0 Å². The Bertz CT molecular complexity index is 534. The van der Waals surface area contributed by atoms with Gasteiger partial charge in [-0.1, -0.05) is 6.07 Å². The minimum absolute atomic E-state index is 0.0241. The molecule has 0 saturated carbocycles. The van der Waals surface area contributed by atoms with Gasteiger partial charge in [0.2, 0.25) is 5.91 Å². The van der Waals surface area contributed by atoms with Crippen LogP contribution in [0.3, 0.4) is 0 Å². The number of fused-ring (bicyclic) bond motifs is 1. The zero-order valence-electron chi connectivity index (χ0n) is 9.91. The first kappa shape index (κ1) is 11.6. The van der Waals surface area contributed by atoms with Gasteiger partial charge in [-0.15, -0.1) is 0 Å². The molecular formula is C12H15N3O2. The second-order valence-electron chi connectivity index (χ2n) is 3.83. The van der Waals surface area contributed by atoms with Crippen LogP contribution in [0.1, 0.15) is 17.9 Å². The lowest BCUT2D eigenvalue weighted by Crippen LogP contribution is -2.34. The fourth-order valence-electron chi connectivity index (χ4n) is 1.70. The van der Waals surface area contributed by atoms with Crippen LogP contribution in [0.25, 0.3) is 11.1 Å². The number of oxazole rings is 1. The van der Waals surface area contributed by atoms with Crippen molar-refractivity contribution >= 4 is 17.0 Å². The van der Waals surface area contributed by atoms with E-state index in [2.05, 4.69) is 15.8 Å². The molecule has 0 atom stereocenters. The Morgan fingerprint density at radius 1 is 1.47 bits per heavy atom. The highest BCUT2D eigenvalue weighted by Gasteiger charge is 2.05. The number of amides is 1. The lowest BCUT2D eigenvalue weighted by molar-refractivity contribution is -0.121. The maximum absolute atomic E-state index is 11.3. The predicted octanol–water partition coefficient (Wildman–Crippen LogP) is 1.32. The molecule has 1 aromatic carbocycles. The van der Waals surface area contributed by atoms with Crippen molar-refractivity contribution in [3.8, 4) is 0 Å². The summed E-state index contributed by atoms with van der Waals surface area (Å²) in [5.41, 5.74) is 7.85. The number of benzene rings is 1. The smallest absolute Gasteiger partial charge is 0.234 e. The number of hydrogen-bond acceptors (Lipinski definition) is 4. The van der Waals surface area contributed by atoms with Crippen LogP contribution < -0.4 is 10.9 Å². The lowest BCUT2D eigenvalue weighted by Gasteiger charge is -2.02. The van der Waals surface area contributed by atoms with Crippen LogP contribution in [0.15, 0.2) is 22.6 Å². The number of carbonyl (C=O) groups is 1. The first-order valence-electron chi connectivity index (χ1n) is 5.50. The van der Waals surface area contributed by atoms with Crippen LogP contribution >= 0.6 is 0 Å². The average Bonchev–Trinajstić information content (AvgIpc) is 2.66. The number of rotatable bonds is 4. The third-order valence-corrected chi connectivity index (χ3v) is 2.46. The molecular weight excluding hydrogens is 218 g/mol. The van der Waals surface area contributed by atoms with E-state index in [1.54, 1.807) is 7.05 Å². The van der Waals surface area contributed by atoms with Gasteiger partial charge >= 0.3 is 0 Å². The number of aryl methyl sites for hydroxylation is 2. The van der Waals surface area contributed by atoms with Crippen molar-refractivity contribution in [2.75, 3.05) is 7.05 Å². The third-order valence-electron chi connectivity index (χ3n) is 2.46. The Morgan fingerprint density at radius 3 is 3.06 bits per heavy atom. The molecule has 1 heterocycles. The van der Waals surface area contributed by atoms with E-state index in [0.29, 0.717) is 18.7 Å². The van der Waals surface area contributed by atoms with Gasteiger partial charge in [0.15, 0.2) is 11.5 Å². The van der Waals surface area contributed by atoms with E-state index in [1.165, 1.54) is 0 Å². The van der Waals surface area contributed by atoms with E-state index in [9.17, 15) is 4.79 Å². The molecule has 90 valence electrons. The fourth-order valence-corrected chi connectivity index (χ4v) is 1.70. The van der Waals surface area contributed by atoms with Gasteiger partial charge in [0.1, 0.15) is 5.52 Å². The van der Waals surface area contributed by atoms with Crippen molar-refractivity contribution in [2.45, 2.75) is 19.8 Å². The summed E-state index contributed by atoms with van der Waals surface area (Å²) in [7, 11) is 1.67. The SMILES string of the molecule is CNNC(=O)CCc1ccc2oc(C)nc2c1. The van der Waals surface area contributed by atoms with Gasteiger partial charge in [0.05, 0.1) is 0 Å². The van der Waals surface area contributed by atoms with Crippen LogP contribution in [-0.2, 0) is 11.2 Å². The molecule has 0 saturated heterocycles. The Morgan fingerprint density at radius 2 is 2.29 bits per heavy atom. The van der Waals surface area contributed by atoms with Gasteiger partial charge in [-0.25, -0.2) is 10.4 Å².